The molecule has 0 radical (unpaired) electrons. The lowest BCUT2D eigenvalue weighted by Crippen LogP contribution is -2.16. The van der Waals surface area contributed by atoms with Crippen LogP contribution in [0, 0.1) is 0 Å². The van der Waals surface area contributed by atoms with Crippen LogP contribution in [-0.4, -0.2) is 34.1 Å². The summed E-state index contributed by atoms with van der Waals surface area (Å²) >= 11 is 0. The molecule has 0 saturated heterocycles. The Labute approximate surface area is 134 Å². The highest BCUT2D eigenvalue weighted by atomic mass is 17.2. The maximum absolute atomic E-state index is 11.8. The van der Waals surface area contributed by atoms with Gasteiger partial charge in [-0.05, 0) is 24.3 Å². The molecule has 2 aromatic rings. The number of carbonyl (C=O) groups excluding carboxylic acids is 2. The van der Waals surface area contributed by atoms with Crippen molar-refractivity contribution in [2.24, 2.45) is 0 Å². The second kappa shape index (κ2) is 7.05. The number of carboxylic acid groups (broad SMARTS) is 2. The maximum atomic E-state index is 11.8. The minimum atomic E-state index is -1.36. The quantitative estimate of drug-likeness (QED) is 0.643. The van der Waals surface area contributed by atoms with Gasteiger partial charge in [-0.25, -0.2) is 29.0 Å². The summed E-state index contributed by atoms with van der Waals surface area (Å²) in [5.74, 6) is -5.11. The Morgan fingerprint density at radius 2 is 0.875 bits per heavy atom. The molecule has 0 heterocycles. The lowest BCUT2D eigenvalue weighted by Gasteiger charge is -2.07. The molecule has 24 heavy (non-hydrogen) atoms. The summed E-state index contributed by atoms with van der Waals surface area (Å²) in [4.78, 5) is 54.4. The molecule has 0 fully saturated rings. The van der Waals surface area contributed by atoms with Gasteiger partial charge in [0.05, 0.1) is 22.3 Å². The zero-order valence-corrected chi connectivity index (χ0v) is 12.0. The SMILES string of the molecule is O=C(O)c1ccccc1C(=O)OOC(=O)c1ccccc1C(=O)O. The Kier molecular flexibility index (Phi) is 4.90. The van der Waals surface area contributed by atoms with Gasteiger partial charge in [0.1, 0.15) is 0 Å². The molecule has 0 aliphatic carbocycles. The predicted octanol–water partition coefficient (Wildman–Crippen LogP) is 2.01. The largest absolute Gasteiger partial charge is 0.478 e. The molecule has 8 heteroatoms. The zero-order valence-electron chi connectivity index (χ0n) is 12.0. The Balaban J connectivity index is 2.14. The Morgan fingerprint density at radius 3 is 1.17 bits per heavy atom. The van der Waals surface area contributed by atoms with Gasteiger partial charge in [-0.3, -0.25) is 0 Å². The van der Waals surface area contributed by atoms with Crippen molar-refractivity contribution in [1.29, 1.82) is 0 Å². The Hall–Kier alpha value is -3.68. The number of carboxylic acids is 2. The summed E-state index contributed by atoms with van der Waals surface area (Å²) in [6.45, 7) is 0. The summed E-state index contributed by atoms with van der Waals surface area (Å²) in [7, 11) is 0. The predicted molar refractivity (Wildman–Crippen MR) is 77.6 cm³/mol. The molecule has 0 unspecified atom stereocenters. The smallest absolute Gasteiger partial charge is 0.387 e. The van der Waals surface area contributed by atoms with Crippen LogP contribution in [0.1, 0.15) is 41.4 Å². The van der Waals surface area contributed by atoms with Crippen molar-refractivity contribution in [3.63, 3.8) is 0 Å². The van der Waals surface area contributed by atoms with Crippen LogP contribution in [0.4, 0.5) is 0 Å². The average molecular weight is 330 g/mol. The third kappa shape index (κ3) is 3.55. The molecule has 0 saturated carbocycles. The molecule has 2 aromatic carbocycles. The van der Waals surface area contributed by atoms with Crippen LogP contribution in [0.2, 0.25) is 0 Å². The van der Waals surface area contributed by atoms with Gasteiger partial charge in [0, 0.05) is 0 Å². The first kappa shape index (κ1) is 16.7. The first-order valence-electron chi connectivity index (χ1n) is 6.49. The third-order valence-electron chi connectivity index (χ3n) is 2.95. The number of rotatable bonds is 4. The molecule has 0 atom stereocenters. The topological polar surface area (TPSA) is 127 Å². The van der Waals surface area contributed by atoms with Crippen molar-refractivity contribution in [2.45, 2.75) is 0 Å². The number of hydrogen-bond donors (Lipinski definition) is 2. The number of hydrogen-bond acceptors (Lipinski definition) is 6. The fourth-order valence-corrected chi connectivity index (χ4v) is 1.86. The molecular weight excluding hydrogens is 320 g/mol. The molecule has 0 aliphatic heterocycles. The monoisotopic (exact) mass is 330 g/mol. The molecule has 0 spiro atoms. The Morgan fingerprint density at radius 1 is 0.583 bits per heavy atom. The molecule has 8 nitrogen and oxygen atoms in total. The summed E-state index contributed by atoms with van der Waals surface area (Å²) in [5, 5.41) is 18.0. The van der Waals surface area contributed by atoms with Gasteiger partial charge in [0.25, 0.3) is 0 Å². The molecule has 0 aliphatic rings. The summed E-state index contributed by atoms with van der Waals surface area (Å²) in [6.07, 6.45) is 0. The van der Waals surface area contributed by atoms with E-state index >= 15 is 0 Å². The van der Waals surface area contributed by atoms with Crippen molar-refractivity contribution >= 4 is 23.9 Å². The fraction of sp³-hybridized carbons (Fsp3) is 0. The second-order valence-corrected chi connectivity index (χ2v) is 4.44. The summed E-state index contributed by atoms with van der Waals surface area (Å²) in [5.41, 5.74) is -1.29. The van der Waals surface area contributed by atoms with E-state index in [1.165, 1.54) is 48.5 Å². The number of benzene rings is 2. The van der Waals surface area contributed by atoms with Gasteiger partial charge in [-0.2, -0.15) is 0 Å². The van der Waals surface area contributed by atoms with Crippen LogP contribution in [-0.2, 0) is 9.78 Å². The van der Waals surface area contributed by atoms with Gasteiger partial charge in [-0.15, -0.1) is 0 Å². The van der Waals surface area contributed by atoms with E-state index in [1.54, 1.807) is 0 Å². The summed E-state index contributed by atoms with van der Waals surface area (Å²) < 4.78 is 0. The minimum Gasteiger partial charge on any atom is -0.478 e. The lowest BCUT2D eigenvalue weighted by atomic mass is 10.1. The third-order valence-corrected chi connectivity index (χ3v) is 2.95. The van der Waals surface area contributed by atoms with E-state index in [1.807, 2.05) is 0 Å². The zero-order chi connectivity index (χ0) is 17.7. The van der Waals surface area contributed by atoms with Gasteiger partial charge in [-0.1, -0.05) is 24.3 Å². The maximum Gasteiger partial charge on any atom is 0.387 e. The molecule has 0 aromatic heterocycles. The van der Waals surface area contributed by atoms with Gasteiger partial charge < -0.3 is 10.2 Å². The van der Waals surface area contributed by atoms with Crippen molar-refractivity contribution in [2.75, 3.05) is 0 Å². The van der Waals surface area contributed by atoms with Crippen LogP contribution in [0.3, 0.4) is 0 Å². The fourth-order valence-electron chi connectivity index (χ4n) is 1.86. The minimum absolute atomic E-state index is 0.315. The van der Waals surface area contributed by atoms with Gasteiger partial charge in [0.2, 0.25) is 0 Å². The van der Waals surface area contributed by atoms with Crippen molar-refractivity contribution in [1.82, 2.24) is 0 Å². The second-order valence-electron chi connectivity index (χ2n) is 4.44. The van der Waals surface area contributed by atoms with E-state index in [0.29, 0.717) is 0 Å². The highest BCUT2D eigenvalue weighted by Crippen LogP contribution is 2.13. The molecular formula is C16H10O8. The Bertz CT molecular complexity index is 755. The van der Waals surface area contributed by atoms with E-state index in [0.717, 1.165) is 0 Å². The van der Waals surface area contributed by atoms with Gasteiger partial charge >= 0.3 is 23.9 Å². The first-order chi connectivity index (χ1) is 11.4. The van der Waals surface area contributed by atoms with E-state index < -0.39 is 23.9 Å². The molecule has 122 valence electrons. The first-order valence-corrected chi connectivity index (χ1v) is 6.49. The summed E-state index contributed by atoms with van der Waals surface area (Å²) in [6, 6.07) is 10.4. The average Bonchev–Trinajstić information content (AvgIpc) is 2.59. The van der Waals surface area contributed by atoms with Gasteiger partial charge in [0.15, 0.2) is 0 Å². The van der Waals surface area contributed by atoms with Crippen LogP contribution in [0.15, 0.2) is 48.5 Å². The van der Waals surface area contributed by atoms with Crippen LogP contribution in [0.25, 0.3) is 0 Å². The molecule has 0 bridgehead atoms. The molecule has 0 amide bonds. The van der Waals surface area contributed by atoms with E-state index in [-0.39, 0.29) is 22.3 Å². The van der Waals surface area contributed by atoms with E-state index in [2.05, 4.69) is 9.78 Å². The standard InChI is InChI=1S/C16H10O8/c17-13(18)9-5-1-3-7-11(9)15(21)23-24-16(22)12-8-4-2-6-10(12)14(19)20/h1-8H,(H,17,18)(H,19,20). The highest BCUT2D eigenvalue weighted by molar-refractivity contribution is 6.04. The van der Waals surface area contributed by atoms with Crippen molar-refractivity contribution < 1.29 is 39.2 Å². The normalized spacial score (nSPS) is 9.83. The van der Waals surface area contributed by atoms with E-state index in [9.17, 15) is 19.2 Å². The van der Waals surface area contributed by atoms with Crippen molar-refractivity contribution in [3.05, 3.63) is 70.8 Å². The number of aromatic carboxylic acids is 2. The number of carbonyl (C=O) groups is 4. The molecule has 2 rings (SSSR count). The van der Waals surface area contributed by atoms with Crippen molar-refractivity contribution in [3.8, 4) is 0 Å². The lowest BCUT2D eigenvalue weighted by molar-refractivity contribution is -0.187. The molecule has 2 N–H and O–H groups in total. The highest BCUT2D eigenvalue weighted by Gasteiger charge is 2.22. The van der Waals surface area contributed by atoms with Crippen LogP contribution < -0.4 is 0 Å². The van der Waals surface area contributed by atoms with E-state index in [4.69, 9.17) is 10.2 Å². The van der Waals surface area contributed by atoms with Crippen LogP contribution in [0.5, 0.6) is 0 Å². The van der Waals surface area contributed by atoms with Crippen LogP contribution >= 0.6 is 0 Å².